The van der Waals surface area contributed by atoms with Gasteiger partial charge < -0.3 is 4.74 Å². The number of hydrogen-bond acceptors (Lipinski definition) is 2. The van der Waals surface area contributed by atoms with Crippen LogP contribution in [0.4, 0.5) is 0 Å². The summed E-state index contributed by atoms with van der Waals surface area (Å²) in [6, 6.07) is 0. The molecule has 0 spiro atoms. The largest absolute Gasteiger partial charge is 0.367 e. The Bertz CT molecular complexity index is 85.3. The van der Waals surface area contributed by atoms with Gasteiger partial charge in [0.15, 0.2) is 0 Å². The Kier molecular flexibility index (Phi) is 3.57. The first-order valence-electron chi connectivity index (χ1n) is 4.04. The monoisotopic (exact) mass is 160 g/mol. The van der Waals surface area contributed by atoms with E-state index in [0.717, 1.165) is 6.61 Å². The van der Waals surface area contributed by atoms with E-state index in [1.54, 1.807) is 0 Å². The molecular weight excluding hydrogens is 144 g/mol. The van der Waals surface area contributed by atoms with E-state index >= 15 is 0 Å². The van der Waals surface area contributed by atoms with Gasteiger partial charge in [0.25, 0.3) is 0 Å². The quantitative estimate of drug-likeness (QED) is 0.583. The smallest absolute Gasteiger partial charge is 0.105 e. The Balaban J connectivity index is 2.28. The van der Waals surface area contributed by atoms with Crippen LogP contribution in [0.15, 0.2) is 0 Å². The molecule has 0 saturated carbocycles. The van der Waals surface area contributed by atoms with Gasteiger partial charge in [0, 0.05) is 6.61 Å². The van der Waals surface area contributed by atoms with Crippen LogP contribution in [0.25, 0.3) is 0 Å². The lowest BCUT2D eigenvalue weighted by Crippen LogP contribution is -2.14. The van der Waals surface area contributed by atoms with Gasteiger partial charge in [-0.3, -0.25) is 0 Å². The minimum Gasteiger partial charge on any atom is -0.367 e. The van der Waals surface area contributed by atoms with Crippen molar-refractivity contribution in [2.75, 3.05) is 12.4 Å². The molecule has 1 aliphatic rings. The van der Waals surface area contributed by atoms with E-state index in [9.17, 15) is 0 Å². The molecule has 0 aliphatic carbocycles. The summed E-state index contributed by atoms with van der Waals surface area (Å²) in [4.78, 5) is 0. The third kappa shape index (κ3) is 2.51. The lowest BCUT2D eigenvalue weighted by molar-refractivity contribution is 0.0856. The minimum absolute atomic E-state index is 0.461. The standard InChI is InChI=1S/C8H16OS/c1-7(2)8-9-5-3-4-6-10-8/h7-8H,3-6H2,1-2H3. The summed E-state index contributed by atoms with van der Waals surface area (Å²) < 4.78 is 5.63. The van der Waals surface area contributed by atoms with Crippen LogP contribution in [0, 0.1) is 5.92 Å². The lowest BCUT2D eigenvalue weighted by Gasteiger charge is -2.17. The second kappa shape index (κ2) is 4.24. The fraction of sp³-hybridized carbons (Fsp3) is 1.00. The maximum Gasteiger partial charge on any atom is 0.105 e. The highest BCUT2D eigenvalue weighted by Crippen LogP contribution is 2.24. The summed E-state index contributed by atoms with van der Waals surface area (Å²) in [5, 5.41) is 0. The Labute approximate surface area is 67.5 Å². The van der Waals surface area contributed by atoms with Crippen LogP contribution in [0.5, 0.6) is 0 Å². The minimum atomic E-state index is 0.461. The lowest BCUT2D eigenvalue weighted by atomic mass is 10.2. The van der Waals surface area contributed by atoms with Crippen LogP contribution in [-0.2, 0) is 4.74 Å². The number of hydrogen-bond donors (Lipinski definition) is 0. The fourth-order valence-corrected chi connectivity index (χ4v) is 2.22. The van der Waals surface area contributed by atoms with Crippen molar-refractivity contribution in [2.45, 2.75) is 32.1 Å². The second-order valence-corrected chi connectivity index (χ2v) is 4.27. The highest BCUT2D eigenvalue weighted by Gasteiger charge is 2.15. The highest BCUT2D eigenvalue weighted by atomic mass is 32.2. The molecule has 1 unspecified atom stereocenters. The van der Waals surface area contributed by atoms with E-state index in [4.69, 9.17) is 4.74 Å². The van der Waals surface area contributed by atoms with Crippen LogP contribution in [0.2, 0.25) is 0 Å². The van der Waals surface area contributed by atoms with Crippen LogP contribution in [0.1, 0.15) is 26.7 Å². The van der Waals surface area contributed by atoms with Gasteiger partial charge in [-0.25, -0.2) is 0 Å². The Morgan fingerprint density at radius 3 is 2.90 bits per heavy atom. The van der Waals surface area contributed by atoms with Gasteiger partial charge >= 0.3 is 0 Å². The van der Waals surface area contributed by atoms with Crippen molar-refractivity contribution in [3.63, 3.8) is 0 Å². The number of ether oxygens (including phenoxy) is 1. The van der Waals surface area contributed by atoms with E-state index in [0.29, 0.717) is 11.4 Å². The van der Waals surface area contributed by atoms with Crippen molar-refractivity contribution in [3.8, 4) is 0 Å². The molecule has 0 amide bonds. The van der Waals surface area contributed by atoms with Gasteiger partial charge in [0.05, 0.1) is 0 Å². The summed E-state index contributed by atoms with van der Waals surface area (Å²) in [5.41, 5.74) is 0.461. The Morgan fingerprint density at radius 2 is 2.20 bits per heavy atom. The van der Waals surface area contributed by atoms with Gasteiger partial charge in [-0.1, -0.05) is 13.8 Å². The molecule has 1 nitrogen and oxygen atoms in total. The molecule has 10 heavy (non-hydrogen) atoms. The van der Waals surface area contributed by atoms with Crippen LogP contribution >= 0.6 is 11.8 Å². The molecule has 0 aromatic heterocycles. The van der Waals surface area contributed by atoms with E-state index in [2.05, 4.69) is 13.8 Å². The van der Waals surface area contributed by atoms with E-state index < -0.39 is 0 Å². The second-order valence-electron chi connectivity index (χ2n) is 3.06. The predicted octanol–water partition coefficient (Wildman–Crippen LogP) is 2.51. The average Bonchev–Trinajstić information content (AvgIpc) is 2.12. The Hall–Kier alpha value is 0.310. The molecule has 1 rings (SSSR count). The summed E-state index contributed by atoms with van der Waals surface area (Å²) in [6.07, 6.45) is 2.57. The highest BCUT2D eigenvalue weighted by molar-refractivity contribution is 7.99. The number of thioether (sulfide) groups is 1. The first-order chi connectivity index (χ1) is 4.80. The summed E-state index contributed by atoms with van der Waals surface area (Å²) >= 11 is 1.97. The molecule has 1 heterocycles. The zero-order valence-corrected chi connectivity index (χ0v) is 7.62. The zero-order valence-electron chi connectivity index (χ0n) is 6.80. The molecule has 0 N–H and O–H groups in total. The third-order valence-electron chi connectivity index (χ3n) is 1.65. The normalized spacial score (nSPS) is 28.5. The first kappa shape index (κ1) is 8.41. The average molecular weight is 160 g/mol. The van der Waals surface area contributed by atoms with Crippen molar-refractivity contribution in [1.29, 1.82) is 0 Å². The van der Waals surface area contributed by atoms with Crippen molar-refractivity contribution in [3.05, 3.63) is 0 Å². The Morgan fingerprint density at radius 1 is 1.40 bits per heavy atom. The topological polar surface area (TPSA) is 9.23 Å². The molecule has 0 radical (unpaired) electrons. The molecule has 1 saturated heterocycles. The predicted molar refractivity (Wildman–Crippen MR) is 46.3 cm³/mol. The molecule has 1 atom stereocenters. The molecular formula is C8H16OS. The van der Waals surface area contributed by atoms with Gasteiger partial charge in [-0.15, -0.1) is 11.8 Å². The molecule has 60 valence electrons. The van der Waals surface area contributed by atoms with Gasteiger partial charge in [-0.2, -0.15) is 0 Å². The van der Waals surface area contributed by atoms with Crippen LogP contribution < -0.4 is 0 Å². The molecule has 1 aliphatic heterocycles. The van der Waals surface area contributed by atoms with E-state index in [1.165, 1.54) is 18.6 Å². The SMILES string of the molecule is CC(C)C1OCCCCS1. The first-order valence-corrected chi connectivity index (χ1v) is 5.09. The van der Waals surface area contributed by atoms with Gasteiger partial charge in [0.2, 0.25) is 0 Å². The molecule has 0 aromatic rings. The summed E-state index contributed by atoms with van der Waals surface area (Å²) in [5.74, 6) is 1.95. The molecule has 2 heteroatoms. The van der Waals surface area contributed by atoms with Gasteiger partial charge in [0.1, 0.15) is 5.44 Å². The molecule has 0 bridgehead atoms. The third-order valence-corrected chi connectivity index (χ3v) is 3.18. The van der Waals surface area contributed by atoms with Crippen molar-refractivity contribution < 1.29 is 4.74 Å². The molecule has 1 fully saturated rings. The van der Waals surface area contributed by atoms with Gasteiger partial charge in [-0.05, 0) is 24.5 Å². The maximum absolute atomic E-state index is 5.63. The van der Waals surface area contributed by atoms with Crippen molar-refractivity contribution >= 4 is 11.8 Å². The molecule has 0 aromatic carbocycles. The van der Waals surface area contributed by atoms with Crippen LogP contribution in [0.3, 0.4) is 0 Å². The van der Waals surface area contributed by atoms with Crippen molar-refractivity contribution in [1.82, 2.24) is 0 Å². The number of rotatable bonds is 1. The van der Waals surface area contributed by atoms with E-state index in [-0.39, 0.29) is 0 Å². The summed E-state index contributed by atoms with van der Waals surface area (Å²) in [6.45, 7) is 5.42. The maximum atomic E-state index is 5.63. The van der Waals surface area contributed by atoms with E-state index in [1.807, 2.05) is 11.8 Å². The van der Waals surface area contributed by atoms with Crippen LogP contribution in [-0.4, -0.2) is 17.8 Å². The zero-order chi connectivity index (χ0) is 7.40. The van der Waals surface area contributed by atoms with Crippen molar-refractivity contribution in [2.24, 2.45) is 5.92 Å². The summed E-state index contributed by atoms with van der Waals surface area (Å²) in [7, 11) is 0. The fourth-order valence-electron chi connectivity index (χ4n) is 1.04.